The molecule has 0 amide bonds. The molecule has 0 fully saturated rings. The molecule has 5 nitrogen and oxygen atoms in total. The maximum absolute atomic E-state index is 8.35. The molecule has 2 N–H and O–H groups in total. The Bertz CT molecular complexity index is 759. The number of nitrogens with zero attached hydrogens (tertiary/aromatic N) is 4. The zero-order valence-corrected chi connectivity index (χ0v) is 12.2. The van der Waals surface area contributed by atoms with E-state index in [0.29, 0.717) is 12.4 Å². The lowest BCUT2D eigenvalue weighted by molar-refractivity contribution is 0.708. The van der Waals surface area contributed by atoms with Crippen LogP contribution >= 0.6 is 0 Å². The van der Waals surface area contributed by atoms with Crippen molar-refractivity contribution in [2.75, 3.05) is 6.54 Å². The lowest BCUT2D eigenvalue weighted by atomic mass is 9.91. The predicted molar refractivity (Wildman–Crippen MR) is 87.8 cm³/mol. The maximum atomic E-state index is 8.35. The van der Waals surface area contributed by atoms with E-state index in [0.717, 1.165) is 29.5 Å². The van der Waals surface area contributed by atoms with E-state index in [4.69, 9.17) is 11.3 Å². The molecule has 1 heterocycles. The van der Waals surface area contributed by atoms with Gasteiger partial charge in [0.05, 0.1) is 6.04 Å². The summed E-state index contributed by atoms with van der Waals surface area (Å²) in [5.41, 5.74) is 19.0. The van der Waals surface area contributed by atoms with Crippen LogP contribution in [0.3, 0.4) is 0 Å². The van der Waals surface area contributed by atoms with Crippen molar-refractivity contribution >= 4 is 5.84 Å². The van der Waals surface area contributed by atoms with Gasteiger partial charge in [-0.05, 0) is 35.1 Å². The molecule has 1 aliphatic rings. The minimum Gasteiger partial charge on any atom is -0.383 e. The van der Waals surface area contributed by atoms with E-state index in [2.05, 4.69) is 33.2 Å². The zero-order chi connectivity index (χ0) is 15.4. The van der Waals surface area contributed by atoms with E-state index in [-0.39, 0.29) is 6.04 Å². The molecule has 0 bridgehead atoms. The van der Waals surface area contributed by atoms with Crippen LogP contribution in [-0.2, 0) is 12.8 Å². The number of nitrogens with two attached hydrogens (primary N) is 1. The van der Waals surface area contributed by atoms with Gasteiger partial charge in [-0.3, -0.25) is 4.99 Å². The Morgan fingerprint density at radius 1 is 1.23 bits per heavy atom. The highest BCUT2D eigenvalue weighted by atomic mass is 15.1. The molecule has 0 saturated heterocycles. The van der Waals surface area contributed by atoms with Crippen molar-refractivity contribution < 1.29 is 0 Å². The van der Waals surface area contributed by atoms with Crippen LogP contribution in [0.25, 0.3) is 10.4 Å². The number of hydrogen-bond donors (Lipinski definition) is 1. The van der Waals surface area contributed by atoms with Gasteiger partial charge in [0.15, 0.2) is 0 Å². The molecule has 0 radical (unpaired) electrons. The first kappa shape index (κ1) is 14.2. The van der Waals surface area contributed by atoms with E-state index in [1.165, 1.54) is 5.56 Å². The van der Waals surface area contributed by atoms with E-state index < -0.39 is 0 Å². The van der Waals surface area contributed by atoms with Crippen LogP contribution in [0.15, 0.2) is 58.6 Å². The van der Waals surface area contributed by atoms with Gasteiger partial charge in [0.1, 0.15) is 5.84 Å². The molecule has 3 rings (SSSR count). The third-order valence-corrected chi connectivity index (χ3v) is 3.90. The average Bonchev–Trinajstić information content (AvgIpc) is 2.55. The fraction of sp³-hybridized carbons (Fsp3) is 0.235. The molecule has 0 aromatic heterocycles. The first-order valence-corrected chi connectivity index (χ1v) is 7.29. The molecule has 1 atom stereocenters. The quantitative estimate of drug-likeness (QED) is 0.521. The molecule has 0 spiro atoms. The molecule has 22 heavy (non-hydrogen) atoms. The Morgan fingerprint density at radius 2 is 2.09 bits per heavy atom. The Balaban J connectivity index is 1.85. The Hall–Kier alpha value is -2.78. The van der Waals surface area contributed by atoms with Crippen molar-refractivity contribution in [3.05, 3.63) is 81.2 Å². The summed E-state index contributed by atoms with van der Waals surface area (Å²) in [6.45, 7) is 0.471. The minimum absolute atomic E-state index is 0.0503. The third-order valence-electron chi connectivity index (χ3n) is 3.90. The Labute approximate surface area is 129 Å². The Kier molecular flexibility index (Phi) is 4.08. The summed E-state index contributed by atoms with van der Waals surface area (Å²) in [4.78, 5) is 7.43. The number of azide groups is 1. The highest BCUT2D eigenvalue weighted by molar-refractivity contribution is 5.99. The minimum atomic E-state index is 0.0503. The van der Waals surface area contributed by atoms with Gasteiger partial charge < -0.3 is 5.73 Å². The first-order valence-electron chi connectivity index (χ1n) is 7.29. The molecular weight excluding hydrogens is 274 g/mol. The van der Waals surface area contributed by atoms with Gasteiger partial charge >= 0.3 is 0 Å². The molecule has 2 aromatic rings. The van der Waals surface area contributed by atoms with Gasteiger partial charge in [0.2, 0.25) is 0 Å². The summed E-state index contributed by atoms with van der Waals surface area (Å²) in [7, 11) is 0. The predicted octanol–water partition coefficient (Wildman–Crippen LogP) is 3.54. The maximum Gasteiger partial charge on any atom is 0.126 e. The summed E-state index contributed by atoms with van der Waals surface area (Å²) in [5.74, 6) is 0.603. The zero-order valence-electron chi connectivity index (χ0n) is 12.2. The van der Waals surface area contributed by atoms with Crippen molar-refractivity contribution in [1.29, 1.82) is 0 Å². The number of amidine groups is 1. The number of hydrogen-bond acceptors (Lipinski definition) is 3. The van der Waals surface area contributed by atoms with Gasteiger partial charge in [-0.15, -0.1) is 0 Å². The molecule has 110 valence electrons. The van der Waals surface area contributed by atoms with Crippen LogP contribution in [0.5, 0.6) is 0 Å². The fourth-order valence-electron chi connectivity index (χ4n) is 2.81. The van der Waals surface area contributed by atoms with Crippen LogP contribution in [-0.4, -0.2) is 12.4 Å². The van der Waals surface area contributed by atoms with Crippen molar-refractivity contribution in [2.24, 2.45) is 15.8 Å². The summed E-state index contributed by atoms with van der Waals surface area (Å²) >= 11 is 0. The smallest absolute Gasteiger partial charge is 0.126 e. The summed E-state index contributed by atoms with van der Waals surface area (Å²) in [5, 5.41) is 3.58. The van der Waals surface area contributed by atoms with Crippen molar-refractivity contribution in [1.82, 2.24) is 0 Å². The van der Waals surface area contributed by atoms with Crippen LogP contribution in [0.4, 0.5) is 0 Å². The van der Waals surface area contributed by atoms with Crippen molar-refractivity contribution in [2.45, 2.75) is 18.9 Å². The van der Waals surface area contributed by atoms with Crippen LogP contribution in [0, 0.1) is 0 Å². The standard InChI is InChI=1S/C17H17N5/c18-17-15-7-2-1-5-13(15)11-16(21-17)14-6-3-4-12(10-14)8-9-20-22-19/h1-7,10,16H,8-9,11H2,(H2,18,21). The second kappa shape index (κ2) is 6.33. The summed E-state index contributed by atoms with van der Waals surface area (Å²) in [6, 6.07) is 16.5. The number of fused-ring (bicyclic) bond motifs is 1. The number of aliphatic imine (C=N–C) groups is 1. The average molecular weight is 291 g/mol. The molecule has 0 aliphatic carbocycles. The SMILES string of the molecule is [N-]=[N+]=NCCc1cccc(C2Cc3ccccc3C(N)=N2)c1. The second-order valence-corrected chi connectivity index (χ2v) is 5.34. The monoisotopic (exact) mass is 291 g/mol. The van der Waals surface area contributed by atoms with Crippen LogP contribution in [0.1, 0.15) is 28.3 Å². The Morgan fingerprint density at radius 3 is 2.95 bits per heavy atom. The van der Waals surface area contributed by atoms with Crippen LogP contribution < -0.4 is 5.73 Å². The van der Waals surface area contributed by atoms with Crippen molar-refractivity contribution in [3.8, 4) is 0 Å². The largest absolute Gasteiger partial charge is 0.383 e. The molecule has 1 unspecified atom stereocenters. The van der Waals surface area contributed by atoms with Gasteiger partial charge in [0, 0.05) is 17.0 Å². The van der Waals surface area contributed by atoms with E-state index in [1.807, 2.05) is 30.3 Å². The summed E-state index contributed by atoms with van der Waals surface area (Å²) < 4.78 is 0. The van der Waals surface area contributed by atoms with E-state index >= 15 is 0 Å². The van der Waals surface area contributed by atoms with Gasteiger partial charge in [0.25, 0.3) is 0 Å². The number of rotatable bonds is 4. The molecule has 5 heteroatoms. The molecule has 1 aliphatic heterocycles. The first-order chi connectivity index (χ1) is 10.8. The normalized spacial score (nSPS) is 16.4. The molecular formula is C17H17N5. The lowest BCUT2D eigenvalue weighted by Crippen LogP contribution is -2.22. The van der Waals surface area contributed by atoms with Crippen LogP contribution in [0.2, 0.25) is 0 Å². The van der Waals surface area contributed by atoms with Gasteiger partial charge in [-0.2, -0.15) is 0 Å². The van der Waals surface area contributed by atoms with Crippen molar-refractivity contribution in [3.63, 3.8) is 0 Å². The van der Waals surface area contributed by atoms with E-state index in [1.54, 1.807) is 0 Å². The topological polar surface area (TPSA) is 87.1 Å². The number of benzene rings is 2. The fourth-order valence-corrected chi connectivity index (χ4v) is 2.81. The molecule has 0 saturated carbocycles. The van der Waals surface area contributed by atoms with Gasteiger partial charge in [-0.1, -0.05) is 53.6 Å². The highest BCUT2D eigenvalue weighted by Gasteiger charge is 2.20. The second-order valence-electron chi connectivity index (χ2n) is 5.34. The summed E-state index contributed by atoms with van der Waals surface area (Å²) in [6.07, 6.45) is 1.59. The van der Waals surface area contributed by atoms with E-state index in [9.17, 15) is 0 Å². The lowest BCUT2D eigenvalue weighted by Gasteiger charge is -2.22. The van der Waals surface area contributed by atoms with Gasteiger partial charge in [-0.25, -0.2) is 0 Å². The third kappa shape index (κ3) is 2.95. The highest BCUT2D eigenvalue weighted by Crippen LogP contribution is 2.29. The molecule has 2 aromatic carbocycles.